The van der Waals surface area contributed by atoms with Gasteiger partial charge in [-0.15, -0.1) is 0 Å². The van der Waals surface area contributed by atoms with E-state index in [1.807, 2.05) is 10.8 Å². The van der Waals surface area contributed by atoms with Gasteiger partial charge in [-0.05, 0) is 60.6 Å². The molecular formula is C30H38N2+2. The van der Waals surface area contributed by atoms with Gasteiger partial charge in [0, 0.05) is 23.6 Å². The van der Waals surface area contributed by atoms with Gasteiger partial charge in [0.05, 0.1) is 5.57 Å². The molecule has 2 atom stereocenters. The molecule has 2 nitrogen and oxygen atoms in total. The average Bonchev–Trinajstić information content (AvgIpc) is 2.77. The third-order valence-electron chi connectivity index (χ3n) is 6.75. The fourth-order valence-corrected chi connectivity index (χ4v) is 5.03. The Balaban J connectivity index is 2.17. The highest BCUT2D eigenvalue weighted by atomic mass is 15.0. The van der Waals surface area contributed by atoms with E-state index < -0.39 is 0 Å². The maximum absolute atomic E-state index is 4.49. The summed E-state index contributed by atoms with van der Waals surface area (Å²) in [5.41, 5.74) is 8.60. The minimum atomic E-state index is 0.156. The molecule has 1 aromatic heterocycles. The van der Waals surface area contributed by atoms with Crippen LogP contribution in [0.15, 0.2) is 85.8 Å². The summed E-state index contributed by atoms with van der Waals surface area (Å²) in [6, 6.07) is 13.4. The van der Waals surface area contributed by atoms with Crippen molar-refractivity contribution in [1.29, 1.82) is 0 Å². The molecule has 0 fully saturated rings. The number of aryl methyl sites for hydroxylation is 1. The van der Waals surface area contributed by atoms with Crippen LogP contribution in [-0.4, -0.2) is 17.3 Å². The molecule has 0 saturated carbocycles. The first-order valence-corrected chi connectivity index (χ1v) is 11.6. The SMILES string of the molecule is C=C[N+](=C)C1C(=C)C[n+]2ccc(C(=C)/C(=C\C)C(C)C)cc2-c2ccccc2CCC1C. The fraction of sp³-hybridized carbons (Fsp3) is 0.333. The summed E-state index contributed by atoms with van der Waals surface area (Å²) in [4.78, 5) is 0. The number of hydrogen-bond donors (Lipinski definition) is 0. The minimum Gasteiger partial charge on any atom is -0.205 e. The Labute approximate surface area is 194 Å². The van der Waals surface area contributed by atoms with Crippen LogP contribution in [0.3, 0.4) is 0 Å². The summed E-state index contributed by atoms with van der Waals surface area (Å²) in [6.45, 7) is 26.7. The molecule has 2 heterocycles. The third-order valence-corrected chi connectivity index (χ3v) is 6.75. The monoisotopic (exact) mass is 426 g/mol. The van der Waals surface area contributed by atoms with Crippen LogP contribution in [0.2, 0.25) is 0 Å². The molecule has 1 aromatic carbocycles. The van der Waals surface area contributed by atoms with Crippen molar-refractivity contribution in [2.75, 3.05) is 0 Å². The number of aromatic nitrogens is 1. The standard InChI is InChI=1S/C30H38N2/c1-9-27(21(3)4)24(7)26-17-18-32-20-23(6)30(31(8)10-2)22(5)15-16-25-13-11-12-14-28(25)29(32)19-26/h9-14,17-19,21-22,30H,2,6-8,15-16,20H2,1,3-5H3/q+2/b27-9-. The molecule has 1 aliphatic rings. The highest BCUT2D eigenvalue weighted by Gasteiger charge is 2.33. The molecule has 1 aliphatic heterocycles. The zero-order chi connectivity index (χ0) is 23.4. The smallest absolute Gasteiger partial charge is 0.205 e. The van der Waals surface area contributed by atoms with Crippen LogP contribution in [0.5, 0.6) is 0 Å². The van der Waals surface area contributed by atoms with E-state index >= 15 is 0 Å². The van der Waals surface area contributed by atoms with Gasteiger partial charge in [-0.25, -0.2) is 4.58 Å². The summed E-state index contributed by atoms with van der Waals surface area (Å²) in [5, 5.41) is 0. The van der Waals surface area contributed by atoms with Crippen LogP contribution in [0.4, 0.5) is 0 Å². The lowest BCUT2D eigenvalue weighted by molar-refractivity contribution is -0.681. The Morgan fingerprint density at radius 3 is 2.59 bits per heavy atom. The van der Waals surface area contributed by atoms with Gasteiger partial charge in [-0.3, -0.25) is 0 Å². The lowest BCUT2D eigenvalue weighted by Crippen LogP contribution is -2.43. The Bertz CT molecular complexity index is 1080. The van der Waals surface area contributed by atoms with Crippen LogP contribution in [0.25, 0.3) is 16.8 Å². The van der Waals surface area contributed by atoms with Crippen molar-refractivity contribution in [1.82, 2.24) is 0 Å². The number of fused-ring (bicyclic) bond motifs is 3. The number of nitrogens with zero attached hydrogens (tertiary/aromatic N) is 2. The van der Waals surface area contributed by atoms with Crippen LogP contribution in [-0.2, 0) is 13.0 Å². The molecule has 0 bridgehead atoms. The molecule has 32 heavy (non-hydrogen) atoms. The van der Waals surface area contributed by atoms with Crippen molar-refractivity contribution in [2.45, 2.75) is 53.1 Å². The van der Waals surface area contributed by atoms with Gasteiger partial charge in [0.1, 0.15) is 6.72 Å². The maximum atomic E-state index is 4.49. The van der Waals surface area contributed by atoms with Crippen LogP contribution in [0, 0.1) is 11.8 Å². The van der Waals surface area contributed by atoms with Gasteiger partial charge < -0.3 is 0 Å². The normalized spacial score (nSPS) is 19.2. The Kier molecular flexibility index (Phi) is 7.45. The summed E-state index contributed by atoms with van der Waals surface area (Å²) in [7, 11) is 0. The van der Waals surface area contributed by atoms with E-state index in [1.165, 1.54) is 28.0 Å². The Morgan fingerprint density at radius 1 is 1.22 bits per heavy atom. The minimum absolute atomic E-state index is 0.156. The van der Waals surface area contributed by atoms with Crippen molar-refractivity contribution in [3.63, 3.8) is 0 Å². The van der Waals surface area contributed by atoms with Gasteiger partial charge in [-0.2, -0.15) is 4.57 Å². The van der Waals surface area contributed by atoms with E-state index in [-0.39, 0.29) is 6.04 Å². The molecule has 0 radical (unpaired) electrons. The third kappa shape index (κ3) is 4.75. The lowest BCUT2D eigenvalue weighted by Gasteiger charge is -2.23. The van der Waals surface area contributed by atoms with Crippen LogP contribution >= 0.6 is 0 Å². The van der Waals surface area contributed by atoms with E-state index in [9.17, 15) is 0 Å². The highest BCUT2D eigenvalue weighted by molar-refractivity contribution is 5.79. The quantitative estimate of drug-likeness (QED) is 0.219. The van der Waals surface area contributed by atoms with Gasteiger partial charge in [0.2, 0.25) is 5.69 Å². The first kappa shape index (κ1) is 23.7. The van der Waals surface area contributed by atoms with Crippen molar-refractivity contribution in [3.8, 4) is 11.3 Å². The van der Waals surface area contributed by atoms with Crippen LogP contribution < -0.4 is 4.57 Å². The lowest BCUT2D eigenvalue weighted by atomic mass is 9.86. The average molecular weight is 427 g/mol. The summed E-state index contributed by atoms with van der Waals surface area (Å²) < 4.78 is 4.29. The summed E-state index contributed by atoms with van der Waals surface area (Å²) >= 11 is 0. The molecule has 2 aromatic rings. The molecule has 0 saturated heterocycles. The largest absolute Gasteiger partial charge is 0.213 e. The first-order chi connectivity index (χ1) is 15.3. The van der Waals surface area contributed by atoms with E-state index in [1.54, 1.807) is 0 Å². The van der Waals surface area contributed by atoms with Crippen molar-refractivity contribution < 1.29 is 9.14 Å². The topological polar surface area (TPSA) is 6.89 Å². The van der Waals surface area contributed by atoms with E-state index in [0.29, 0.717) is 11.8 Å². The zero-order valence-corrected chi connectivity index (χ0v) is 20.3. The zero-order valence-electron chi connectivity index (χ0n) is 20.3. The molecule has 0 amide bonds. The number of allylic oxidation sites excluding steroid dienone is 3. The second-order valence-electron chi connectivity index (χ2n) is 9.28. The summed E-state index contributed by atoms with van der Waals surface area (Å²) in [5.74, 6) is 0.862. The molecule has 166 valence electrons. The molecule has 0 N–H and O–H groups in total. The van der Waals surface area contributed by atoms with Gasteiger partial charge >= 0.3 is 0 Å². The predicted octanol–water partition coefficient (Wildman–Crippen LogP) is 6.62. The van der Waals surface area contributed by atoms with Crippen molar-refractivity contribution in [3.05, 3.63) is 96.9 Å². The van der Waals surface area contributed by atoms with E-state index in [2.05, 4.69) is 107 Å². The molecule has 3 rings (SSSR count). The van der Waals surface area contributed by atoms with E-state index in [0.717, 1.165) is 30.5 Å². The molecule has 0 spiro atoms. The maximum Gasteiger partial charge on any atom is 0.213 e. The van der Waals surface area contributed by atoms with Crippen molar-refractivity contribution >= 4 is 12.3 Å². The second kappa shape index (κ2) is 10.1. The Hall–Kier alpha value is -3.00. The van der Waals surface area contributed by atoms with Gasteiger partial charge in [0.15, 0.2) is 25.0 Å². The molecule has 2 unspecified atom stereocenters. The van der Waals surface area contributed by atoms with Gasteiger partial charge in [0.25, 0.3) is 0 Å². The molecule has 0 aliphatic carbocycles. The number of rotatable bonds is 5. The molecular weight excluding hydrogens is 388 g/mol. The second-order valence-corrected chi connectivity index (χ2v) is 9.28. The number of benzene rings is 1. The number of hydrogen-bond acceptors (Lipinski definition) is 0. The van der Waals surface area contributed by atoms with E-state index in [4.69, 9.17) is 0 Å². The number of pyridine rings is 1. The van der Waals surface area contributed by atoms with Crippen molar-refractivity contribution in [2.24, 2.45) is 11.8 Å². The van der Waals surface area contributed by atoms with Gasteiger partial charge in [-0.1, -0.05) is 58.2 Å². The van der Waals surface area contributed by atoms with Crippen LogP contribution in [0.1, 0.15) is 45.2 Å². The fourth-order valence-electron chi connectivity index (χ4n) is 5.03. The first-order valence-electron chi connectivity index (χ1n) is 11.6. The Morgan fingerprint density at radius 2 is 1.94 bits per heavy atom. The summed E-state index contributed by atoms with van der Waals surface area (Å²) in [6.07, 6.45) is 8.28. The molecule has 2 heteroatoms. The predicted molar refractivity (Wildman–Crippen MR) is 138 cm³/mol. The highest BCUT2D eigenvalue weighted by Crippen LogP contribution is 2.32.